The Morgan fingerprint density at radius 1 is 1.18 bits per heavy atom. The highest BCUT2D eigenvalue weighted by Gasteiger charge is 2.23. The number of piperazine rings is 1. The van der Waals surface area contributed by atoms with Gasteiger partial charge in [0.2, 0.25) is 0 Å². The quantitative estimate of drug-likeness (QED) is 0.392. The van der Waals surface area contributed by atoms with Crippen LogP contribution >= 0.6 is 0 Å². The van der Waals surface area contributed by atoms with Crippen LogP contribution in [0.5, 0.6) is 0 Å². The molecule has 22 heavy (non-hydrogen) atoms. The Morgan fingerprint density at radius 3 is 2.64 bits per heavy atom. The molecular formula is C16H30N5O+. The van der Waals surface area contributed by atoms with Crippen LogP contribution in [0, 0.1) is 0 Å². The van der Waals surface area contributed by atoms with Gasteiger partial charge in [0.05, 0.1) is 51.8 Å². The number of nitrogen functional groups attached to an aromatic ring is 2. The summed E-state index contributed by atoms with van der Waals surface area (Å²) in [5.41, 5.74) is 13.9. The molecule has 0 spiro atoms. The Balaban J connectivity index is 1.55. The lowest BCUT2D eigenvalue weighted by Crippen LogP contribution is -2.55. The van der Waals surface area contributed by atoms with Crippen LogP contribution in [0.2, 0.25) is 0 Å². The topological polar surface area (TPSA) is 76.5 Å². The SMILES string of the molecule is C[N+]1(C)CCN(CCOCCNc2cc(N)ccc2N)CC1. The van der Waals surface area contributed by atoms with Crippen molar-refractivity contribution in [2.75, 3.05) is 83.4 Å². The smallest absolute Gasteiger partial charge is 0.0912 e. The summed E-state index contributed by atoms with van der Waals surface area (Å²) >= 11 is 0. The fraction of sp³-hybridized carbons (Fsp3) is 0.625. The highest BCUT2D eigenvalue weighted by Crippen LogP contribution is 2.20. The number of nitrogens with zero attached hydrogens (tertiary/aromatic N) is 2. The number of nitrogens with one attached hydrogen (secondary N) is 1. The summed E-state index contributed by atoms with van der Waals surface area (Å²) in [5.74, 6) is 0. The number of hydrogen-bond acceptors (Lipinski definition) is 5. The van der Waals surface area contributed by atoms with E-state index in [1.54, 1.807) is 6.07 Å². The molecule has 1 saturated heterocycles. The van der Waals surface area contributed by atoms with Crippen molar-refractivity contribution >= 4 is 17.1 Å². The molecule has 0 amide bonds. The van der Waals surface area contributed by atoms with E-state index in [1.807, 2.05) is 12.1 Å². The first-order valence-electron chi connectivity index (χ1n) is 7.97. The first-order valence-corrected chi connectivity index (χ1v) is 7.97. The Labute approximate surface area is 133 Å². The predicted octanol–water partition coefficient (Wildman–Crippen LogP) is 0.672. The van der Waals surface area contributed by atoms with E-state index in [0.717, 1.165) is 43.0 Å². The minimum atomic E-state index is 0.670. The number of hydrogen-bond donors (Lipinski definition) is 3. The van der Waals surface area contributed by atoms with Crippen molar-refractivity contribution in [2.24, 2.45) is 0 Å². The van der Waals surface area contributed by atoms with Crippen LogP contribution in [0.15, 0.2) is 18.2 Å². The van der Waals surface area contributed by atoms with Crippen LogP contribution in [-0.4, -0.2) is 76.0 Å². The summed E-state index contributed by atoms with van der Waals surface area (Å²) in [6.45, 7) is 7.96. The fourth-order valence-electron chi connectivity index (χ4n) is 2.55. The molecular weight excluding hydrogens is 278 g/mol. The van der Waals surface area contributed by atoms with Crippen LogP contribution in [0.4, 0.5) is 17.1 Å². The number of quaternary nitrogens is 1. The number of ether oxygens (including phenoxy) is 1. The number of likely N-dealkylation sites (N-methyl/N-ethyl adjacent to an activating group) is 1. The Kier molecular flexibility index (Phi) is 5.88. The normalized spacial score (nSPS) is 18.3. The minimum Gasteiger partial charge on any atom is -0.399 e. The van der Waals surface area contributed by atoms with Crippen molar-refractivity contribution in [3.05, 3.63) is 18.2 Å². The van der Waals surface area contributed by atoms with Gasteiger partial charge in [0.25, 0.3) is 0 Å². The van der Waals surface area contributed by atoms with Gasteiger partial charge in [-0.05, 0) is 18.2 Å². The second kappa shape index (κ2) is 7.67. The van der Waals surface area contributed by atoms with E-state index in [2.05, 4.69) is 24.3 Å². The van der Waals surface area contributed by atoms with Crippen molar-refractivity contribution in [3.8, 4) is 0 Å². The summed E-state index contributed by atoms with van der Waals surface area (Å²) in [5, 5.41) is 3.26. The van der Waals surface area contributed by atoms with Gasteiger partial charge in [-0.2, -0.15) is 0 Å². The molecule has 1 aromatic carbocycles. The third-order valence-corrected chi connectivity index (χ3v) is 4.23. The monoisotopic (exact) mass is 308 g/mol. The standard InChI is InChI=1S/C16H30N5O/c1-21(2)9-6-20(7-10-21)8-12-22-11-5-19-16-13-14(17)3-4-15(16)18/h3-4,13,19H,5-12,17-18H2,1-2H3/q+1. The van der Waals surface area contributed by atoms with Gasteiger partial charge in [0.15, 0.2) is 0 Å². The molecule has 1 aliphatic rings. The zero-order chi connectivity index (χ0) is 16.0. The lowest BCUT2D eigenvalue weighted by molar-refractivity contribution is -0.894. The minimum absolute atomic E-state index is 0.670. The van der Waals surface area contributed by atoms with Gasteiger partial charge in [-0.25, -0.2) is 0 Å². The van der Waals surface area contributed by atoms with Gasteiger partial charge in [0, 0.05) is 31.9 Å². The number of rotatable bonds is 7. The Hall–Kier alpha value is -1.50. The highest BCUT2D eigenvalue weighted by molar-refractivity contribution is 5.70. The molecule has 1 aromatic rings. The molecule has 2 rings (SSSR count). The van der Waals surface area contributed by atoms with Crippen molar-refractivity contribution in [3.63, 3.8) is 0 Å². The molecule has 0 atom stereocenters. The van der Waals surface area contributed by atoms with E-state index in [-0.39, 0.29) is 0 Å². The molecule has 0 unspecified atom stereocenters. The average molecular weight is 308 g/mol. The lowest BCUT2D eigenvalue weighted by Gasteiger charge is -2.39. The van der Waals surface area contributed by atoms with Gasteiger partial charge in [-0.15, -0.1) is 0 Å². The van der Waals surface area contributed by atoms with E-state index < -0.39 is 0 Å². The van der Waals surface area contributed by atoms with Crippen molar-refractivity contribution in [1.29, 1.82) is 0 Å². The molecule has 0 bridgehead atoms. The number of benzene rings is 1. The maximum atomic E-state index is 5.88. The van der Waals surface area contributed by atoms with E-state index >= 15 is 0 Å². The Bertz CT molecular complexity index is 468. The van der Waals surface area contributed by atoms with E-state index in [9.17, 15) is 0 Å². The van der Waals surface area contributed by atoms with E-state index in [0.29, 0.717) is 18.0 Å². The summed E-state index contributed by atoms with van der Waals surface area (Å²) in [6.07, 6.45) is 0. The first kappa shape index (κ1) is 16.9. The first-order chi connectivity index (χ1) is 10.5. The third-order valence-electron chi connectivity index (χ3n) is 4.23. The van der Waals surface area contributed by atoms with Gasteiger partial charge in [-0.3, -0.25) is 4.90 Å². The van der Waals surface area contributed by atoms with Gasteiger partial charge >= 0.3 is 0 Å². The summed E-state index contributed by atoms with van der Waals surface area (Å²) < 4.78 is 6.83. The highest BCUT2D eigenvalue weighted by atomic mass is 16.5. The second-order valence-electron chi connectivity index (χ2n) is 6.61. The lowest BCUT2D eigenvalue weighted by atomic mass is 10.2. The predicted molar refractivity (Wildman–Crippen MR) is 92.9 cm³/mol. The van der Waals surface area contributed by atoms with E-state index in [4.69, 9.17) is 16.2 Å². The Morgan fingerprint density at radius 2 is 1.91 bits per heavy atom. The molecule has 0 aromatic heterocycles. The second-order valence-corrected chi connectivity index (χ2v) is 6.61. The zero-order valence-electron chi connectivity index (χ0n) is 13.8. The summed E-state index contributed by atoms with van der Waals surface area (Å²) in [7, 11) is 4.59. The number of nitrogens with two attached hydrogens (primary N) is 2. The van der Waals surface area contributed by atoms with Gasteiger partial charge < -0.3 is 26.0 Å². The van der Waals surface area contributed by atoms with Crippen molar-refractivity contribution in [1.82, 2.24) is 4.90 Å². The molecule has 0 saturated carbocycles. The van der Waals surface area contributed by atoms with Crippen molar-refractivity contribution in [2.45, 2.75) is 0 Å². The zero-order valence-corrected chi connectivity index (χ0v) is 13.8. The van der Waals surface area contributed by atoms with Crippen LogP contribution in [0.25, 0.3) is 0 Å². The molecule has 124 valence electrons. The van der Waals surface area contributed by atoms with Crippen molar-refractivity contribution < 1.29 is 9.22 Å². The largest absolute Gasteiger partial charge is 0.399 e. The average Bonchev–Trinajstić information content (AvgIpc) is 2.47. The number of anilines is 3. The third kappa shape index (κ3) is 5.36. The van der Waals surface area contributed by atoms with Crippen LogP contribution in [0.1, 0.15) is 0 Å². The summed E-state index contributed by atoms with van der Waals surface area (Å²) in [6, 6.07) is 5.47. The van der Waals surface area contributed by atoms with Gasteiger partial charge in [0.1, 0.15) is 0 Å². The molecule has 1 aliphatic heterocycles. The van der Waals surface area contributed by atoms with Crippen LogP contribution in [0.3, 0.4) is 0 Å². The fourth-order valence-corrected chi connectivity index (χ4v) is 2.55. The molecule has 1 fully saturated rings. The van der Waals surface area contributed by atoms with E-state index in [1.165, 1.54) is 13.1 Å². The van der Waals surface area contributed by atoms with Gasteiger partial charge in [-0.1, -0.05) is 0 Å². The maximum Gasteiger partial charge on any atom is 0.0912 e. The molecule has 1 heterocycles. The molecule has 0 aliphatic carbocycles. The molecule has 6 heteroatoms. The maximum absolute atomic E-state index is 5.88. The molecule has 5 N–H and O–H groups in total. The molecule has 6 nitrogen and oxygen atoms in total. The van der Waals surface area contributed by atoms with Crippen LogP contribution in [-0.2, 0) is 4.74 Å². The van der Waals surface area contributed by atoms with Crippen LogP contribution < -0.4 is 16.8 Å². The summed E-state index contributed by atoms with van der Waals surface area (Å²) in [4.78, 5) is 2.48. The molecule has 0 radical (unpaired) electrons.